The molecule has 0 bridgehead atoms. The molecule has 52 valence electrons. The molecule has 0 radical (unpaired) electrons. The Labute approximate surface area is 90.2 Å². The second-order valence-electron chi connectivity index (χ2n) is 1.50. The molecule has 1 N–H and O–H groups in total. The van der Waals surface area contributed by atoms with Gasteiger partial charge in [0.2, 0.25) is 5.89 Å². The molecule has 10 heavy (non-hydrogen) atoms. The summed E-state index contributed by atoms with van der Waals surface area (Å²) < 4.78 is 4.65. The summed E-state index contributed by atoms with van der Waals surface area (Å²) in [5.41, 5.74) is 0. The molecule has 0 aliphatic heterocycles. The molecule has 0 spiro atoms. The fourth-order valence-electron chi connectivity index (χ4n) is 0.470. The van der Waals surface area contributed by atoms with Crippen LogP contribution in [-0.4, -0.2) is 53.8 Å². The predicted molar refractivity (Wildman–Crippen MR) is 35.8 cm³/mol. The van der Waals surface area contributed by atoms with Crippen LogP contribution in [0.25, 0.3) is 0 Å². The van der Waals surface area contributed by atoms with Gasteiger partial charge in [0.15, 0.2) is 0 Å². The molecule has 0 saturated heterocycles. The third-order valence-electron chi connectivity index (χ3n) is 0.786. The second-order valence-corrected chi connectivity index (χ2v) is 1.50. The van der Waals surface area contributed by atoms with E-state index < -0.39 is 5.97 Å². The van der Waals surface area contributed by atoms with Crippen LogP contribution in [0.3, 0.4) is 0 Å². The Balaban J connectivity index is -0.000000270. The van der Waals surface area contributed by atoms with Gasteiger partial charge in [-0.25, -0.2) is 4.98 Å². The summed E-state index contributed by atoms with van der Waals surface area (Å²) in [5, 5.41) is 8.19. The van der Waals surface area contributed by atoms with Crippen LogP contribution >= 0.6 is 0 Å². The van der Waals surface area contributed by atoms with Gasteiger partial charge in [-0.05, 0) is 0 Å². The summed E-state index contributed by atoms with van der Waals surface area (Å²) in [6.45, 7) is 0. The first-order valence-corrected chi connectivity index (χ1v) is 2.39. The monoisotopic (exact) mass is 169 g/mol. The molecule has 0 amide bonds. The molecule has 0 aromatic carbocycles. The van der Waals surface area contributed by atoms with Crippen molar-refractivity contribution in [3.63, 3.8) is 0 Å². The number of carbonyl (C=O) groups is 1. The summed E-state index contributed by atoms with van der Waals surface area (Å²) >= 11 is 0. The van der Waals surface area contributed by atoms with Gasteiger partial charge in [0, 0.05) is 0 Å². The molecule has 0 atom stereocenters. The first-order valence-electron chi connectivity index (χ1n) is 2.39. The molecule has 4 nitrogen and oxygen atoms in total. The molecular formula is C5H7CaNO3. The minimum absolute atomic E-state index is 0. The van der Waals surface area contributed by atoms with Gasteiger partial charge in [0.1, 0.15) is 12.7 Å². The van der Waals surface area contributed by atoms with Crippen molar-refractivity contribution < 1.29 is 17.2 Å². The third kappa shape index (κ3) is 3.20. The van der Waals surface area contributed by atoms with E-state index in [1.165, 1.54) is 12.5 Å². The maximum Gasteiger partial charge on any atom is 2.00 e. The van der Waals surface area contributed by atoms with E-state index in [1.807, 2.05) is 0 Å². The maximum absolute atomic E-state index is 9.97. The first kappa shape index (κ1) is 9.94. The molecule has 0 aliphatic rings. The Bertz CT molecular complexity index is 204. The molecule has 0 saturated carbocycles. The van der Waals surface area contributed by atoms with Gasteiger partial charge in [-0.1, -0.05) is 0 Å². The Morgan fingerprint density at radius 1 is 1.90 bits per heavy atom. The minimum Gasteiger partial charge on any atom is -1.00 e. The van der Waals surface area contributed by atoms with E-state index in [-0.39, 0.29) is 52.9 Å². The summed E-state index contributed by atoms with van der Waals surface area (Å²) in [5.74, 6) is -0.694. The number of aliphatic carboxylic acids is 1. The largest absolute Gasteiger partial charge is 2.00 e. The average molecular weight is 169 g/mol. The normalized spacial score (nSPS) is 8.40. The number of oxazole rings is 1. The number of hydrogen-bond acceptors (Lipinski definition) is 3. The van der Waals surface area contributed by atoms with Crippen molar-refractivity contribution in [1.29, 1.82) is 0 Å². The quantitative estimate of drug-likeness (QED) is 0.640. The zero-order valence-corrected chi connectivity index (χ0v) is 7.49. The van der Waals surface area contributed by atoms with E-state index in [0.29, 0.717) is 0 Å². The van der Waals surface area contributed by atoms with Crippen molar-refractivity contribution in [2.75, 3.05) is 0 Å². The van der Waals surface area contributed by atoms with Crippen molar-refractivity contribution >= 4 is 43.7 Å². The predicted octanol–water partition coefficient (Wildman–Crippen LogP) is 0.146. The number of nitrogens with zero attached hydrogens (tertiary/aromatic N) is 1. The van der Waals surface area contributed by atoms with E-state index in [9.17, 15) is 4.79 Å². The first-order chi connectivity index (χ1) is 4.29. The van der Waals surface area contributed by atoms with Crippen molar-refractivity contribution in [1.82, 2.24) is 4.98 Å². The van der Waals surface area contributed by atoms with Crippen LogP contribution in [0, 0.1) is 0 Å². The molecule has 1 aromatic rings. The van der Waals surface area contributed by atoms with Crippen LogP contribution in [0.5, 0.6) is 0 Å². The molecule has 0 fully saturated rings. The second kappa shape index (κ2) is 4.71. The van der Waals surface area contributed by atoms with Crippen molar-refractivity contribution in [3.05, 3.63) is 18.4 Å². The standard InChI is InChI=1S/C5H5NO3.Ca.2H/c7-5(8)3-4-6-1-2-9-4;;;/h1-2H,3H2,(H,7,8);;;/q;+2;2*-1. The fourth-order valence-corrected chi connectivity index (χ4v) is 0.470. The Hall–Kier alpha value is -0.0603. The van der Waals surface area contributed by atoms with Gasteiger partial charge < -0.3 is 12.4 Å². The number of hydrogen-bond donors (Lipinski definition) is 1. The topological polar surface area (TPSA) is 63.3 Å². The van der Waals surface area contributed by atoms with Crippen molar-refractivity contribution in [2.24, 2.45) is 0 Å². The van der Waals surface area contributed by atoms with Crippen LogP contribution in [0.4, 0.5) is 0 Å². The van der Waals surface area contributed by atoms with Crippen molar-refractivity contribution in [3.8, 4) is 0 Å². The smallest absolute Gasteiger partial charge is 1.00 e. The van der Waals surface area contributed by atoms with Gasteiger partial charge >= 0.3 is 43.7 Å². The average Bonchev–Trinajstić information content (AvgIpc) is 2.15. The van der Waals surface area contributed by atoms with Crippen LogP contribution in [-0.2, 0) is 11.2 Å². The van der Waals surface area contributed by atoms with Crippen LogP contribution < -0.4 is 0 Å². The van der Waals surface area contributed by atoms with Gasteiger partial charge in [-0.3, -0.25) is 4.79 Å². The Kier molecular flexibility index (Phi) is 4.68. The van der Waals surface area contributed by atoms with E-state index in [2.05, 4.69) is 9.40 Å². The molecule has 1 aromatic heterocycles. The van der Waals surface area contributed by atoms with Crippen molar-refractivity contribution in [2.45, 2.75) is 6.42 Å². The van der Waals surface area contributed by atoms with Crippen LogP contribution in [0.1, 0.15) is 8.74 Å². The third-order valence-corrected chi connectivity index (χ3v) is 0.786. The number of rotatable bonds is 2. The summed E-state index contributed by atoms with van der Waals surface area (Å²) in [6, 6.07) is 0. The van der Waals surface area contributed by atoms with E-state index >= 15 is 0 Å². The summed E-state index contributed by atoms with van der Waals surface area (Å²) in [6.07, 6.45) is 2.61. The SMILES string of the molecule is O=C(O)Cc1ncco1.[Ca+2].[H-].[H-]. The summed E-state index contributed by atoms with van der Waals surface area (Å²) in [7, 11) is 0. The van der Waals surface area contributed by atoms with Gasteiger partial charge in [-0.15, -0.1) is 0 Å². The Morgan fingerprint density at radius 2 is 2.60 bits per heavy atom. The Morgan fingerprint density at radius 3 is 3.00 bits per heavy atom. The zero-order chi connectivity index (χ0) is 6.69. The summed E-state index contributed by atoms with van der Waals surface area (Å²) in [4.78, 5) is 13.6. The number of carboxylic acids is 1. The van der Waals surface area contributed by atoms with E-state index in [0.717, 1.165) is 0 Å². The molecule has 0 unspecified atom stereocenters. The molecule has 5 heteroatoms. The molecular weight excluding hydrogens is 162 g/mol. The fraction of sp³-hybridized carbons (Fsp3) is 0.200. The minimum atomic E-state index is -0.933. The van der Waals surface area contributed by atoms with Gasteiger partial charge in [0.05, 0.1) is 6.20 Å². The number of carboxylic acid groups (broad SMARTS) is 1. The molecule has 0 aliphatic carbocycles. The van der Waals surface area contributed by atoms with Crippen LogP contribution in [0.15, 0.2) is 16.9 Å². The zero-order valence-electron chi connectivity index (χ0n) is 7.28. The number of aromatic nitrogens is 1. The van der Waals surface area contributed by atoms with Gasteiger partial charge in [-0.2, -0.15) is 0 Å². The van der Waals surface area contributed by atoms with E-state index in [4.69, 9.17) is 5.11 Å². The van der Waals surface area contributed by atoms with E-state index in [1.54, 1.807) is 0 Å². The maximum atomic E-state index is 9.97. The molecule has 1 heterocycles. The van der Waals surface area contributed by atoms with Crippen LogP contribution in [0.2, 0.25) is 0 Å². The molecule has 1 rings (SSSR count). The van der Waals surface area contributed by atoms with Gasteiger partial charge in [0.25, 0.3) is 0 Å².